The van der Waals surface area contributed by atoms with Crippen molar-refractivity contribution in [3.8, 4) is 16.9 Å². The van der Waals surface area contributed by atoms with E-state index in [9.17, 15) is 9.59 Å². The SMILES string of the molecule is CCCN(CC(=O)Nc1cc(-c2ccccc2)nn1-c1ccc(Cl)cc1)C(=O)Nc1c(Cl)cccc1Cl. The minimum Gasteiger partial charge on any atom is -0.315 e. The van der Waals surface area contributed by atoms with Crippen molar-refractivity contribution in [2.75, 3.05) is 23.7 Å². The molecule has 1 heterocycles. The summed E-state index contributed by atoms with van der Waals surface area (Å²) in [5, 5.41) is 11.5. The van der Waals surface area contributed by atoms with Crippen molar-refractivity contribution in [1.82, 2.24) is 14.7 Å². The summed E-state index contributed by atoms with van der Waals surface area (Å²) < 4.78 is 1.63. The van der Waals surface area contributed by atoms with Gasteiger partial charge in [-0.3, -0.25) is 4.79 Å². The standard InChI is InChI=1S/C27H24Cl3N5O2/c1-2-15-34(27(37)32-26-21(29)9-6-10-22(26)30)17-25(36)31-24-16-23(18-7-4-3-5-8-18)33-35(24)20-13-11-19(28)12-14-20/h3-14,16H,2,15,17H2,1H3,(H,31,36)(H,32,37). The van der Waals surface area contributed by atoms with Gasteiger partial charge in [0.25, 0.3) is 0 Å². The lowest BCUT2D eigenvalue weighted by Crippen LogP contribution is -2.41. The Morgan fingerprint density at radius 2 is 1.57 bits per heavy atom. The van der Waals surface area contributed by atoms with Gasteiger partial charge in [0.2, 0.25) is 5.91 Å². The number of nitrogens with one attached hydrogen (secondary N) is 2. The van der Waals surface area contributed by atoms with Crippen LogP contribution >= 0.6 is 34.8 Å². The summed E-state index contributed by atoms with van der Waals surface area (Å²) in [6, 6.07) is 23.0. The highest BCUT2D eigenvalue weighted by molar-refractivity contribution is 6.39. The monoisotopic (exact) mass is 555 g/mol. The van der Waals surface area contributed by atoms with Gasteiger partial charge in [0.1, 0.15) is 12.4 Å². The van der Waals surface area contributed by atoms with Gasteiger partial charge in [0.15, 0.2) is 0 Å². The second kappa shape index (κ2) is 12.1. The Hall–Kier alpha value is -3.52. The lowest BCUT2D eigenvalue weighted by atomic mass is 10.1. The van der Waals surface area contributed by atoms with E-state index in [1.165, 1.54) is 4.90 Å². The zero-order chi connectivity index (χ0) is 26.4. The molecule has 0 fully saturated rings. The summed E-state index contributed by atoms with van der Waals surface area (Å²) >= 11 is 18.4. The molecule has 3 aromatic carbocycles. The third-order valence-electron chi connectivity index (χ3n) is 5.43. The van der Waals surface area contributed by atoms with E-state index < -0.39 is 6.03 Å². The second-order valence-electron chi connectivity index (χ2n) is 8.17. The number of halogens is 3. The van der Waals surface area contributed by atoms with Crippen LogP contribution in [0, 0.1) is 0 Å². The first-order chi connectivity index (χ1) is 17.9. The summed E-state index contributed by atoms with van der Waals surface area (Å²) in [6.45, 7) is 2.09. The quantitative estimate of drug-likeness (QED) is 0.238. The summed E-state index contributed by atoms with van der Waals surface area (Å²) in [4.78, 5) is 27.5. The van der Waals surface area contributed by atoms with Crippen LogP contribution in [0.15, 0.2) is 78.9 Å². The molecule has 10 heteroatoms. The van der Waals surface area contributed by atoms with E-state index in [0.717, 1.165) is 11.3 Å². The number of urea groups is 1. The summed E-state index contributed by atoms with van der Waals surface area (Å²) in [5.74, 6) is 0.0701. The molecule has 4 aromatic rings. The first-order valence-electron chi connectivity index (χ1n) is 11.6. The molecular weight excluding hydrogens is 533 g/mol. The van der Waals surface area contributed by atoms with Crippen LogP contribution in [0.4, 0.5) is 16.3 Å². The average molecular weight is 557 g/mol. The molecule has 0 bridgehead atoms. The maximum absolute atomic E-state index is 13.1. The summed E-state index contributed by atoms with van der Waals surface area (Å²) in [6.07, 6.45) is 0.651. The Labute approximate surface area is 229 Å². The zero-order valence-corrected chi connectivity index (χ0v) is 22.2. The minimum atomic E-state index is -0.483. The highest BCUT2D eigenvalue weighted by Crippen LogP contribution is 2.30. The van der Waals surface area contributed by atoms with E-state index in [2.05, 4.69) is 10.6 Å². The molecule has 0 atom stereocenters. The lowest BCUT2D eigenvalue weighted by Gasteiger charge is -2.22. The molecule has 2 N–H and O–H groups in total. The summed E-state index contributed by atoms with van der Waals surface area (Å²) in [7, 11) is 0. The van der Waals surface area contributed by atoms with Gasteiger partial charge < -0.3 is 15.5 Å². The zero-order valence-electron chi connectivity index (χ0n) is 19.9. The highest BCUT2D eigenvalue weighted by Gasteiger charge is 2.21. The van der Waals surface area contributed by atoms with Crippen LogP contribution in [0.5, 0.6) is 0 Å². The van der Waals surface area contributed by atoms with Crippen LogP contribution in [0.1, 0.15) is 13.3 Å². The smallest absolute Gasteiger partial charge is 0.315 e. The predicted octanol–water partition coefficient (Wildman–Crippen LogP) is 7.38. The minimum absolute atomic E-state index is 0.186. The van der Waals surface area contributed by atoms with Gasteiger partial charge in [-0.05, 0) is 42.8 Å². The number of carbonyl (C=O) groups excluding carboxylic acids is 2. The Kier molecular flexibility index (Phi) is 8.71. The Bertz CT molecular complexity index is 1370. The Morgan fingerprint density at radius 3 is 2.22 bits per heavy atom. The fourth-order valence-electron chi connectivity index (χ4n) is 3.68. The van der Waals surface area contributed by atoms with Crippen LogP contribution in [0.25, 0.3) is 16.9 Å². The van der Waals surface area contributed by atoms with Gasteiger partial charge in [0, 0.05) is 23.2 Å². The van der Waals surface area contributed by atoms with E-state index in [1.54, 1.807) is 41.1 Å². The highest BCUT2D eigenvalue weighted by atomic mass is 35.5. The molecule has 0 saturated carbocycles. The number of aromatic nitrogens is 2. The molecule has 1 aromatic heterocycles. The number of carbonyl (C=O) groups is 2. The number of rotatable bonds is 8. The largest absolute Gasteiger partial charge is 0.322 e. The topological polar surface area (TPSA) is 79.3 Å². The van der Waals surface area contributed by atoms with Crippen molar-refractivity contribution in [3.05, 3.63) is 93.9 Å². The van der Waals surface area contributed by atoms with Crippen LogP contribution < -0.4 is 10.6 Å². The number of hydrogen-bond donors (Lipinski definition) is 2. The van der Waals surface area contributed by atoms with Crippen LogP contribution in [0.3, 0.4) is 0 Å². The second-order valence-corrected chi connectivity index (χ2v) is 9.42. The van der Waals surface area contributed by atoms with Crippen molar-refractivity contribution in [2.45, 2.75) is 13.3 Å². The molecule has 0 radical (unpaired) electrons. The first kappa shape index (κ1) is 26.5. The van der Waals surface area contributed by atoms with Gasteiger partial charge in [0.05, 0.1) is 27.1 Å². The number of para-hydroxylation sites is 1. The fourth-order valence-corrected chi connectivity index (χ4v) is 4.30. The number of benzene rings is 3. The maximum Gasteiger partial charge on any atom is 0.322 e. The third kappa shape index (κ3) is 6.63. The molecule has 0 unspecified atom stereocenters. The van der Waals surface area contributed by atoms with Crippen LogP contribution in [0.2, 0.25) is 15.1 Å². The number of amides is 3. The summed E-state index contributed by atoms with van der Waals surface area (Å²) in [5.41, 5.74) is 2.60. The average Bonchev–Trinajstić information content (AvgIpc) is 3.30. The van der Waals surface area contributed by atoms with Gasteiger partial charge in [-0.2, -0.15) is 5.10 Å². The number of nitrogens with zero attached hydrogens (tertiary/aromatic N) is 3. The molecule has 0 aliphatic heterocycles. The van der Waals surface area contributed by atoms with Gasteiger partial charge in [-0.25, -0.2) is 9.48 Å². The lowest BCUT2D eigenvalue weighted by molar-refractivity contribution is -0.116. The molecule has 0 aliphatic rings. The normalized spacial score (nSPS) is 10.7. The Morgan fingerprint density at radius 1 is 0.892 bits per heavy atom. The van der Waals surface area contributed by atoms with Crippen LogP contribution in [-0.2, 0) is 4.79 Å². The van der Waals surface area contributed by atoms with E-state index in [4.69, 9.17) is 39.9 Å². The van der Waals surface area contributed by atoms with Crippen molar-refractivity contribution in [2.24, 2.45) is 0 Å². The van der Waals surface area contributed by atoms with Crippen LogP contribution in [-0.4, -0.2) is 39.7 Å². The predicted molar refractivity (Wildman–Crippen MR) is 150 cm³/mol. The van der Waals surface area contributed by atoms with Crippen molar-refractivity contribution in [3.63, 3.8) is 0 Å². The maximum atomic E-state index is 13.1. The molecule has 7 nitrogen and oxygen atoms in total. The van der Waals surface area contributed by atoms with E-state index in [-0.39, 0.29) is 12.5 Å². The first-order valence-corrected chi connectivity index (χ1v) is 12.7. The molecule has 0 aliphatic carbocycles. The number of hydrogen-bond acceptors (Lipinski definition) is 3. The molecule has 4 rings (SSSR count). The van der Waals surface area contributed by atoms with Gasteiger partial charge in [-0.15, -0.1) is 0 Å². The van der Waals surface area contributed by atoms with E-state index in [0.29, 0.717) is 45.2 Å². The molecule has 190 valence electrons. The van der Waals surface area contributed by atoms with Crippen molar-refractivity contribution >= 4 is 58.2 Å². The Balaban J connectivity index is 1.56. The van der Waals surface area contributed by atoms with E-state index >= 15 is 0 Å². The fraction of sp³-hybridized carbons (Fsp3) is 0.148. The van der Waals surface area contributed by atoms with Crippen molar-refractivity contribution in [1.29, 1.82) is 0 Å². The molecule has 0 spiro atoms. The molecule has 0 saturated heterocycles. The van der Waals surface area contributed by atoms with Crippen molar-refractivity contribution < 1.29 is 9.59 Å². The third-order valence-corrected chi connectivity index (χ3v) is 6.31. The molecular formula is C27H24Cl3N5O2. The number of anilines is 2. The van der Waals surface area contributed by atoms with Gasteiger partial charge in [-0.1, -0.05) is 78.1 Å². The van der Waals surface area contributed by atoms with Gasteiger partial charge >= 0.3 is 6.03 Å². The molecule has 3 amide bonds. The molecule has 37 heavy (non-hydrogen) atoms. The van der Waals surface area contributed by atoms with E-state index in [1.807, 2.05) is 49.4 Å².